The van der Waals surface area contributed by atoms with Crippen LogP contribution in [0.5, 0.6) is 0 Å². The number of rotatable bonds is 3. The van der Waals surface area contributed by atoms with Crippen molar-refractivity contribution >= 4 is 50.8 Å². The van der Waals surface area contributed by atoms with Gasteiger partial charge in [0.15, 0.2) is 0 Å². The molecule has 0 aliphatic rings. The molecule has 0 saturated heterocycles. The molecule has 0 spiro atoms. The molecule has 0 aliphatic heterocycles. The zero-order valence-electron chi connectivity index (χ0n) is 15.5. The second-order valence-electron chi connectivity index (χ2n) is 7.72. The van der Waals surface area contributed by atoms with E-state index < -0.39 is 0 Å². The summed E-state index contributed by atoms with van der Waals surface area (Å²) in [6.07, 6.45) is 0.985. The lowest BCUT2D eigenvalue weighted by atomic mass is 9.83. The van der Waals surface area contributed by atoms with Crippen LogP contribution in [0.15, 0.2) is 30.8 Å². The standard InChI is InChI=1S/C22H26I2/c1-13(2)18-11-20(23)16(8-14(18)3)10-17-9-15(4)19(12-21(17)24)22(5,6)7/h8-9,11-12H,1,10H2,2-7H3. The predicted octanol–water partition coefficient (Wildman–Crippen LogP) is 7.43. The van der Waals surface area contributed by atoms with Crippen LogP contribution >= 0.6 is 45.2 Å². The lowest BCUT2D eigenvalue weighted by molar-refractivity contribution is 0.585. The van der Waals surface area contributed by atoms with E-state index in [1.807, 2.05) is 0 Å². The first-order valence-electron chi connectivity index (χ1n) is 8.25. The molecule has 24 heavy (non-hydrogen) atoms. The average molecular weight is 544 g/mol. The van der Waals surface area contributed by atoms with Crippen LogP contribution in [0.25, 0.3) is 5.57 Å². The Hall–Kier alpha value is -0.360. The molecule has 0 fully saturated rings. The quantitative estimate of drug-likeness (QED) is 0.353. The molecule has 2 rings (SSSR count). The van der Waals surface area contributed by atoms with E-state index in [2.05, 4.69) is 118 Å². The van der Waals surface area contributed by atoms with Crippen molar-refractivity contribution < 1.29 is 0 Å². The maximum absolute atomic E-state index is 4.09. The minimum atomic E-state index is 0.191. The van der Waals surface area contributed by atoms with Crippen LogP contribution in [-0.2, 0) is 11.8 Å². The Morgan fingerprint density at radius 2 is 1.42 bits per heavy atom. The van der Waals surface area contributed by atoms with Crippen LogP contribution < -0.4 is 0 Å². The van der Waals surface area contributed by atoms with E-state index in [-0.39, 0.29) is 5.41 Å². The normalized spacial score (nSPS) is 11.7. The molecule has 0 aromatic heterocycles. The maximum Gasteiger partial charge on any atom is 0.0171 e. The van der Waals surface area contributed by atoms with Crippen molar-refractivity contribution in [3.8, 4) is 0 Å². The molecule has 0 atom stereocenters. The van der Waals surface area contributed by atoms with Crippen molar-refractivity contribution in [2.75, 3.05) is 0 Å². The molecule has 0 amide bonds. The molecule has 2 heteroatoms. The van der Waals surface area contributed by atoms with Crippen molar-refractivity contribution in [3.63, 3.8) is 0 Å². The largest absolute Gasteiger partial charge is 0.0955 e. The fraction of sp³-hybridized carbons (Fsp3) is 0.364. The SMILES string of the molecule is C=C(C)c1cc(I)c(Cc2cc(C)c(C(C)(C)C)cc2I)cc1C. The third-order valence-electron chi connectivity index (χ3n) is 4.44. The number of hydrogen-bond donors (Lipinski definition) is 0. The van der Waals surface area contributed by atoms with Crippen LogP contribution in [0, 0.1) is 21.0 Å². The molecule has 2 aromatic carbocycles. The van der Waals surface area contributed by atoms with Gasteiger partial charge in [0.05, 0.1) is 0 Å². The second kappa shape index (κ2) is 7.48. The van der Waals surface area contributed by atoms with Gasteiger partial charge in [-0.15, -0.1) is 0 Å². The van der Waals surface area contributed by atoms with Crippen molar-refractivity contribution in [1.29, 1.82) is 0 Å². The number of hydrogen-bond acceptors (Lipinski definition) is 0. The van der Waals surface area contributed by atoms with Crippen LogP contribution in [0.2, 0.25) is 0 Å². The van der Waals surface area contributed by atoms with E-state index in [9.17, 15) is 0 Å². The highest BCUT2D eigenvalue weighted by atomic mass is 127. The van der Waals surface area contributed by atoms with Crippen LogP contribution in [0.1, 0.15) is 61.1 Å². The summed E-state index contributed by atoms with van der Waals surface area (Å²) < 4.78 is 2.69. The van der Waals surface area contributed by atoms with E-state index >= 15 is 0 Å². The molecule has 0 heterocycles. The highest BCUT2D eigenvalue weighted by molar-refractivity contribution is 14.1. The van der Waals surface area contributed by atoms with Crippen molar-refractivity contribution in [1.82, 2.24) is 0 Å². The van der Waals surface area contributed by atoms with Crippen molar-refractivity contribution in [2.45, 2.75) is 53.4 Å². The van der Waals surface area contributed by atoms with Gasteiger partial charge in [-0.1, -0.05) is 45.1 Å². The fourth-order valence-corrected chi connectivity index (χ4v) is 4.54. The third-order valence-corrected chi connectivity index (χ3v) is 6.44. The van der Waals surface area contributed by atoms with E-state index in [1.165, 1.54) is 40.5 Å². The molecule has 0 unspecified atom stereocenters. The summed E-state index contributed by atoms with van der Waals surface area (Å²) in [5.41, 5.74) is 9.57. The number of benzene rings is 2. The first-order chi connectivity index (χ1) is 11.0. The molecule has 0 nitrogen and oxygen atoms in total. The van der Waals surface area contributed by atoms with Gasteiger partial charge in [-0.05, 0) is 123 Å². The summed E-state index contributed by atoms with van der Waals surface area (Å²) in [5, 5.41) is 0. The highest BCUT2D eigenvalue weighted by Gasteiger charge is 2.18. The number of halogens is 2. The summed E-state index contributed by atoms with van der Waals surface area (Å²) in [6.45, 7) is 17.4. The topological polar surface area (TPSA) is 0 Å². The van der Waals surface area contributed by atoms with Crippen molar-refractivity contribution in [3.05, 3.63) is 71.4 Å². The van der Waals surface area contributed by atoms with Crippen molar-refractivity contribution in [2.24, 2.45) is 0 Å². The summed E-state index contributed by atoms with van der Waals surface area (Å²) in [6, 6.07) is 9.35. The summed E-state index contributed by atoms with van der Waals surface area (Å²) in [4.78, 5) is 0. The first-order valence-corrected chi connectivity index (χ1v) is 10.4. The molecule has 0 N–H and O–H groups in total. The smallest absolute Gasteiger partial charge is 0.0171 e. The van der Waals surface area contributed by atoms with Gasteiger partial charge in [-0.2, -0.15) is 0 Å². The number of aryl methyl sites for hydroxylation is 2. The molecule has 2 aromatic rings. The third kappa shape index (κ3) is 4.43. The highest BCUT2D eigenvalue weighted by Crippen LogP contribution is 2.31. The van der Waals surface area contributed by atoms with Gasteiger partial charge in [0.2, 0.25) is 0 Å². The molecule has 0 bridgehead atoms. The Balaban J connectivity index is 2.44. The minimum Gasteiger partial charge on any atom is -0.0955 e. The monoisotopic (exact) mass is 544 g/mol. The Bertz CT molecular complexity index is 793. The zero-order valence-corrected chi connectivity index (χ0v) is 19.8. The van der Waals surface area contributed by atoms with Gasteiger partial charge < -0.3 is 0 Å². The van der Waals surface area contributed by atoms with Gasteiger partial charge >= 0.3 is 0 Å². The lowest BCUT2D eigenvalue weighted by Gasteiger charge is -2.23. The summed E-state index contributed by atoms with van der Waals surface area (Å²) in [7, 11) is 0. The maximum atomic E-state index is 4.09. The van der Waals surface area contributed by atoms with E-state index in [1.54, 1.807) is 0 Å². The molecule has 0 aliphatic carbocycles. The molecule has 0 saturated carbocycles. The van der Waals surface area contributed by atoms with Gasteiger partial charge in [0.1, 0.15) is 0 Å². The zero-order chi connectivity index (χ0) is 18.2. The molecule has 128 valence electrons. The Labute approximate surface area is 174 Å². The van der Waals surface area contributed by atoms with Crippen LogP contribution in [0.4, 0.5) is 0 Å². The van der Waals surface area contributed by atoms with E-state index in [0.29, 0.717) is 0 Å². The van der Waals surface area contributed by atoms with Gasteiger partial charge in [0.25, 0.3) is 0 Å². The minimum absolute atomic E-state index is 0.191. The Morgan fingerprint density at radius 1 is 0.917 bits per heavy atom. The van der Waals surface area contributed by atoms with Gasteiger partial charge in [0, 0.05) is 7.14 Å². The van der Waals surface area contributed by atoms with E-state index in [4.69, 9.17) is 0 Å². The lowest BCUT2D eigenvalue weighted by Crippen LogP contribution is -2.14. The second-order valence-corrected chi connectivity index (χ2v) is 10.0. The first kappa shape index (κ1) is 20.0. The Kier molecular flexibility index (Phi) is 6.22. The van der Waals surface area contributed by atoms with Crippen LogP contribution in [-0.4, -0.2) is 0 Å². The van der Waals surface area contributed by atoms with Gasteiger partial charge in [-0.3, -0.25) is 0 Å². The average Bonchev–Trinajstić information content (AvgIpc) is 2.44. The predicted molar refractivity (Wildman–Crippen MR) is 124 cm³/mol. The summed E-state index contributed by atoms with van der Waals surface area (Å²) in [5.74, 6) is 0. The van der Waals surface area contributed by atoms with Crippen LogP contribution in [0.3, 0.4) is 0 Å². The van der Waals surface area contributed by atoms with Gasteiger partial charge in [-0.25, -0.2) is 0 Å². The fourth-order valence-electron chi connectivity index (χ4n) is 3.23. The van der Waals surface area contributed by atoms with E-state index in [0.717, 1.165) is 12.0 Å². The number of allylic oxidation sites excluding steroid dienone is 1. The molecular weight excluding hydrogens is 518 g/mol. The molecule has 0 radical (unpaired) electrons. The Morgan fingerprint density at radius 3 is 1.92 bits per heavy atom. The molecular formula is C22H26I2. The summed E-state index contributed by atoms with van der Waals surface area (Å²) >= 11 is 4.95.